The lowest BCUT2D eigenvalue weighted by molar-refractivity contribution is -0.128. The van der Waals surface area contributed by atoms with Gasteiger partial charge >= 0.3 is 0 Å². The highest BCUT2D eigenvalue weighted by atomic mass is 35.5. The van der Waals surface area contributed by atoms with Gasteiger partial charge in [0, 0.05) is 11.1 Å². The van der Waals surface area contributed by atoms with E-state index in [1.807, 2.05) is 6.92 Å². The molecule has 0 fully saturated rings. The minimum atomic E-state index is -1.20. The molecule has 11 heteroatoms. The molecule has 0 atom stereocenters. The van der Waals surface area contributed by atoms with Crippen LogP contribution in [0.5, 0.6) is 5.75 Å². The highest BCUT2D eigenvalue weighted by Gasteiger charge is 2.31. The largest absolute Gasteiger partial charge is 0.478 e. The van der Waals surface area contributed by atoms with E-state index >= 15 is 0 Å². The van der Waals surface area contributed by atoms with Gasteiger partial charge < -0.3 is 10.1 Å². The Hall–Kier alpha value is -4.31. The number of anilines is 1. The first-order chi connectivity index (χ1) is 17.2. The number of nitrogens with one attached hydrogen (secondary N) is 1. The summed E-state index contributed by atoms with van der Waals surface area (Å²) < 4.78 is 22.4. The topological polar surface area (TPSA) is 99.7 Å². The fourth-order valence-corrected chi connectivity index (χ4v) is 3.76. The second-order valence-electron chi connectivity index (χ2n) is 8.57. The number of hydrogen-bond acceptors (Lipinski definition) is 6. The van der Waals surface area contributed by atoms with E-state index in [9.17, 15) is 9.18 Å². The first kappa shape index (κ1) is 23.4. The van der Waals surface area contributed by atoms with Crippen LogP contribution in [0.25, 0.3) is 22.5 Å². The van der Waals surface area contributed by atoms with Crippen molar-refractivity contribution < 1.29 is 13.9 Å². The summed E-state index contributed by atoms with van der Waals surface area (Å²) in [5.41, 5.74) is 0.607. The summed E-state index contributed by atoms with van der Waals surface area (Å²) in [5, 5.41) is 13.0. The van der Waals surface area contributed by atoms with Gasteiger partial charge in [-0.15, -0.1) is 0 Å². The molecular formula is C25H21ClFN7O2. The van der Waals surface area contributed by atoms with E-state index in [-0.39, 0.29) is 11.7 Å². The Morgan fingerprint density at radius 2 is 1.78 bits per heavy atom. The molecular weight excluding hydrogens is 485 g/mol. The van der Waals surface area contributed by atoms with Gasteiger partial charge in [0.15, 0.2) is 17.1 Å². The Labute approximate surface area is 210 Å². The van der Waals surface area contributed by atoms with E-state index in [1.165, 1.54) is 23.1 Å². The molecule has 1 amide bonds. The van der Waals surface area contributed by atoms with Gasteiger partial charge in [-0.1, -0.05) is 11.6 Å². The van der Waals surface area contributed by atoms with Crippen molar-refractivity contribution in [1.82, 2.24) is 29.5 Å². The van der Waals surface area contributed by atoms with Crippen molar-refractivity contribution in [3.05, 3.63) is 83.7 Å². The Morgan fingerprint density at radius 1 is 1.06 bits per heavy atom. The van der Waals surface area contributed by atoms with Gasteiger partial charge in [0.2, 0.25) is 0 Å². The lowest BCUT2D eigenvalue weighted by Gasteiger charge is -2.25. The van der Waals surface area contributed by atoms with Gasteiger partial charge in [-0.2, -0.15) is 14.9 Å². The molecule has 9 nitrogen and oxygen atoms in total. The predicted molar refractivity (Wildman–Crippen MR) is 133 cm³/mol. The molecule has 0 unspecified atom stereocenters. The fraction of sp³-hybridized carbons (Fsp3) is 0.160. The Bertz CT molecular complexity index is 1560. The van der Waals surface area contributed by atoms with E-state index in [0.717, 1.165) is 0 Å². The SMILES string of the molecule is Cc1cc(NC(=O)C(C)(C)Oc2ccc(Cl)cc2)n(-c2ncnc3c2cnn3-c2ccc(F)cc2)n1. The molecule has 0 saturated heterocycles. The van der Waals surface area contributed by atoms with Gasteiger partial charge in [-0.05, 0) is 69.3 Å². The van der Waals surface area contributed by atoms with Gasteiger partial charge in [0.1, 0.15) is 23.7 Å². The smallest absolute Gasteiger partial charge is 0.269 e. The average Bonchev–Trinajstić information content (AvgIpc) is 3.44. The zero-order valence-electron chi connectivity index (χ0n) is 19.6. The number of nitrogens with zero attached hydrogens (tertiary/aromatic N) is 6. The van der Waals surface area contributed by atoms with Crippen molar-refractivity contribution in [2.45, 2.75) is 26.4 Å². The van der Waals surface area contributed by atoms with Crippen LogP contribution in [-0.4, -0.2) is 41.0 Å². The van der Waals surface area contributed by atoms with Crippen LogP contribution >= 0.6 is 11.6 Å². The lowest BCUT2D eigenvalue weighted by Crippen LogP contribution is -2.42. The van der Waals surface area contributed by atoms with Crippen LogP contribution in [-0.2, 0) is 4.79 Å². The number of amides is 1. The van der Waals surface area contributed by atoms with Crippen molar-refractivity contribution in [2.24, 2.45) is 0 Å². The summed E-state index contributed by atoms with van der Waals surface area (Å²) in [6, 6.07) is 14.4. The minimum absolute atomic E-state index is 0.346. The van der Waals surface area contributed by atoms with Crippen LogP contribution in [0.4, 0.5) is 10.2 Å². The molecule has 2 aromatic carbocycles. The van der Waals surface area contributed by atoms with Crippen molar-refractivity contribution in [1.29, 1.82) is 0 Å². The van der Waals surface area contributed by atoms with E-state index in [4.69, 9.17) is 16.3 Å². The molecule has 1 N–H and O–H groups in total. The zero-order chi connectivity index (χ0) is 25.4. The number of fused-ring (bicyclic) bond motifs is 1. The van der Waals surface area contributed by atoms with E-state index in [0.29, 0.717) is 44.8 Å². The molecule has 0 aliphatic rings. The third-order valence-electron chi connectivity index (χ3n) is 5.42. The third-order valence-corrected chi connectivity index (χ3v) is 5.68. The van der Waals surface area contributed by atoms with Crippen molar-refractivity contribution in [2.75, 3.05) is 5.32 Å². The third kappa shape index (κ3) is 4.50. The number of carbonyl (C=O) groups is 1. The van der Waals surface area contributed by atoms with Crippen LogP contribution in [0, 0.1) is 12.7 Å². The number of rotatable bonds is 6. The molecule has 3 heterocycles. The van der Waals surface area contributed by atoms with Crippen LogP contribution < -0.4 is 10.1 Å². The second-order valence-corrected chi connectivity index (χ2v) is 9.01. The molecule has 3 aromatic heterocycles. The summed E-state index contributed by atoms with van der Waals surface area (Å²) in [5.74, 6) is 0.606. The van der Waals surface area contributed by atoms with E-state index < -0.39 is 5.60 Å². The number of hydrogen-bond donors (Lipinski definition) is 1. The maximum atomic E-state index is 13.4. The molecule has 0 aliphatic heterocycles. The van der Waals surface area contributed by atoms with E-state index in [2.05, 4.69) is 25.5 Å². The second kappa shape index (κ2) is 9.04. The van der Waals surface area contributed by atoms with Crippen molar-refractivity contribution in [3.8, 4) is 17.3 Å². The quantitative estimate of drug-likeness (QED) is 0.352. The van der Waals surface area contributed by atoms with Crippen LogP contribution in [0.2, 0.25) is 5.02 Å². The Morgan fingerprint density at radius 3 is 2.50 bits per heavy atom. The number of benzene rings is 2. The normalized spacial score (nSPS) is 11.6. The zero-order valence-corrected chi connectivity index (χ0v) is 20.4. The van der Waals surface area contributed by atoms with Gasteiger partial charge in [0.05, 0.1) is 23.0 Å². The Kier molecular flexibility index (Phi) is 5.89. The molecule has 5 aromatic rings. The molecule has 182 valence electrons. The molecule has 0 spiro atoms. The molecule has 0 aliphatic carbocycles. The highest BCUT2D eigenvalue weighted by Crippen LogP contribution is 2.26. The van der Waals surface area contributed by atoms with Crippen LogP contribution in [0.1, 0.15) is 19.5 Å². The Balaban J connectivity index is 1.47. The standard InChI is InChI=1S/C25H21ClFN7O2/c1-15-12-21(31-24(35)25(2,3)36-19-10-4-16(26)5-11-19)34(32-15)23-20-13-30-33(22(20)28-14-29-23)18-8-6-17(27)7-9-18/h4-14H,1-3H3,(H,31,35). The average molecular weight is 506 g/mol. The molecule has 0 radical (unpaired) electrons. The molecule has 0 saturated carbocycles. The number of halogens is 2. The highest BCUT2D eigenvalue weighted by molar-refractivity contribution is 6.30. The number of aryl methyl sites for hydroxylation is 1. The van der Waals surface area contributed by atoms with Crippen LogP contribution in [0.15, 0.2) is 67.1 Å². The molecule has 5 rings (SSSR count). The minimum Gasteiger partial charge on any atom is -0.478 e. The first-order valence-electron chi connectivity index (χ1n) is 11.0. The molecule has 36 heavy (non-hydrogen) atoms. The predicted octanol–water partition coefficient (Wildman–Crippen LogP) is 4.90. The maximum absolute atomic E-state index is 13.4. The number of aromatic nitrogens is 6. The first-order valence-corrected chi connectivity index (χ1v) is 11.4. The number of ether oxygens (including phenoxy) is 1. The van der Waals surface area contributed by atoms with E-state index in [1.54, 1.807) is 67.2 Å². The summed E-state index contributed by atoms with van der Waals surface area (Å²) in [6.07, 6.45) is 2.99. The van der Waals surface area contributed by atoms with Gasteiger partial charge in [0.25, 0.3) is 5.91 Å². The summed E-state index contributed by atoms with van der Waals surface area (Å²) in [4.78, 5) is 21.9. The summed E-state index contributed by atoms with van der Waals surface area (Å²) in [6.45, 7) is 5.14. The fourth-order valence-electron chi connectivity index (χ4n) is 3.63. The van der Waals surface area contributed by atoms with Gasteiger partial charge in [-0.25, -0.2) is 19.0 Å². The summed E-state index contributed by atoms with van der Waals surface area (Å²) >= 11 is 5.94. The van der Waals surface area contributed by atoms with Crippen LogP contribution in [0.3, 0.4) is 0 Å². The number of carbonyl (C=O) groups excluding carboxylic acids is 1. The van der Waals surface area contributed by atoms with Crippen molar-refractivity contribution in [3.63, 3.8) is 0 Å². The lowest BCUT2D eigenvalue weighted by atomic mass is 10.1. The monoisotopic (exact) mass is 505 g/mol. The maximum Gasteiger partial charge on any atom is 0.269 e. The van der Waals surface area contributed by atoms with Crippen molar-refractivity contribution >= 4 is 34.4 Å². The molecule has 0 bridgehead atoms. The van der Waals surface area contributed by atoms with Gasteiger partial charge in [-0.3, -0.25) is 4.79 Å². The summed E-state index contributed by atoms with van der Waals surface area (Å²) in [7, 11) is 0.